The van der Waals surface area contributed by atoms with Gasteiger partial charge in [-0.15, -0.1) is 0 Å². The fraction of sp³-hybridized carbons (Fsp3) is 0.833. The number of hydrogen-bond donors (Lipinski definition) is 1. The molecule has 0 aromatic rings. The molecule has 1 fully saturated rings. The molecule has 2 heterocycles. The maximum Gasteiger partial charge on any atom is 0.308 e. The molecule has 0 radical (unpaired) electrons. The first-order valence-corrected chi connectivity index (χ1v) is 8.71. The Morgan fingerprint density at radius 1 is 1.43 bits per heavy atom. The summed E-state index contributed by atoms with van der Waals surface area (Å²) in [7, 11) is -0.843. The smallest absolute Gasteiger partial charge is 0.308 e. The van der Waals surface area contributed by atoms with E-state index in [2.05, 4.69) is 15.4 Å². The van der Waals surface area contributed by atoms with Crippen LogP contribution in [0.25, 0.3) is 0 Å². The Morgan fingerprint density at radius 3 is 2.65 bits per heavy atom. The van der Waals surface area contributed by atoms with Gasteiger partial charge in [-0.2, -0.15) is 5.10 Å². The molecule has 1 saturated heterocycles. The lowest BCUT2D eigenvalue weighted by molar-refractivity contribution is -0.295. The zero-order valence-corrected chi connectivity index (χ0v) is 14.4. The van der Waals surface area contributed by atoms with Gasteiger partial charge in [-0.25, -0.2) is 14.0 Å². The largest absolute Gasteiger partial charge is 0.469 e. The van der Waals surface area contributed by atoms with Crippen LogP contribution in [0.15, 0.2) is 5.10 Å². The summed E-state index contributed by atoms with van der Waals surface area (Å²) in [4.78, 5) is 11.4. The third-order valence-electron chi connectivity index (χ3n) is 3.36. The van der Waals surface area contributed by atoms with Crippen LogP contribution in [0.1, 0.15) is 26.7 Å². The number of nitrogens with zero attached hydrogens (tertiary/aromatic N) is 3. The quantitative estimate of drug-likeness (QED) is 0.655. The first-order chi connectivity index (χ1) is 10.6. The van der Waals surface area contributed by atoms with Gasteiger partial charge < -0.3 is 14.2 Å². The van der Waals surface area contributed by atoms with Gasteiger partial charge in [0.1, 0.15) is 6.34 Å². The minimum atomic E-state index is -3.69. The van der Waals surface area contributed by atoms with Crippen LogP contribution in [-0.4, -0.2) is 68.2 Å². The Kier molecular flexibility index (Phi) is 5.14. The van der Waals surface area contributed by atoms with Crippen molar-refractivity contribution in [2.45, 2.75) is 44.7 Å². The highest BCUT2D eigenvalue weighted by Crippen LogP contribution is 2.29. The lowest BCUT2D eigenvalue weighted by Crippen LogP contribution is -2.52. The van der Waals surface area contributed by atoms with Gasteiger partial charge in [0.25, 0.3) is 10.0 Å². The van der Waals surface area contributed by atoms with Crippen LogP contribution in [0.4, 0.5) is 0 Å². The molecule has 0 amide bonds. The maximum absolute atomic E-state index is 12.4. The highest BCUT2D eigenvalue weighted by molar-refractivity contribution is 7.89. The molecule has 2 aliphatic rings. The second-order valence-corrected chi connectivity index (χ2v) is 7.68. The Hall–Kier alpha value is -1.43. The van der Waals surface area contributed by atoms with Crippen LogP contribution in [0.3, 0.4) is 0 Å². The van der Waals surface area contributed by atoms with E-state index in [1.807, 2.05) is 0 Å². The number of hydrogen-bond acceptors (Lipinski definition) is 9. The summed E-state index contributed by atoms with van der Waals surface area (Å²) in [6, 6.07) is 0. The average Bonchev–Trinajstić information content (AvgIpc) is 2.83. The summed E-state index contributed by atoms with van der Waals surface area (Å²) in [6.45, 7) is 3.36. The predicted molar refractivity (Wildman–Crippen MR) is 80.1 cm³/mol. The molecule has 2 rings (SSSR count). The monoisotopic (exact) mass is 350 g/mol. The Labute approximate surface area is 135 Å². The average molecular weight is 350 g/mol. The molecule has 132 valence electrons. The Morgan fingerprint density at radius 2 is 2.09 bits per heavy atom. The first-order valence-electron chi connectivity index (χ1n) is 7.10. The van der Waals surface area contributed by atoms with Gasteiger partial charge in [0.15, 0.2) is 5.79 Å². The topological polar surface area (TPSA) is 110 Å². The number of sulfonamides is 1. The van der Waals surface area contributed by atoms with E-state index in [9.17, 15) is 13.2 Å². The van der Waals surface area contributed by atoms with Gasteiger partial charge in [0.05, 0.1) is 31.5 Å². The van der Waals surface area contributed by atoms with Crippen LogP contribution in [0.2, 0.25) is 0 Å². The standard InChI is InChI=1S/C12H22N4O6S/c1-12(2)21-9(6-11(17)20-4)5-10(22-12)7-23(18,19)16-14-13-8-15(16)3/h8-10,14H,5-7H2,1-4H3/t9-,10+/m1/s1. The van der Waals surface area contributed by atoms with Crippen LogP contribution in [0.5, 0.6) is 0 Å². The molecule has 23 heavy (non-hydrogen) atoms. The van der Waals surface area contributed by atoms with Gasteiger partial charge in [-0.1, -0.05) is 0 Å². The summed E-state index contributed by atoms with van der Waals surface area (Å²) in [5.74, 6) is -1.67. The van der Waals surface area contributed by atoms with Crippen molar-refractivity contribution < 1.29 is 27.4 Å². The minimum absolute atomic E-state index is 0.0464. The Bertz CT molecular complexity index is 578. The highest BCUT2D eigenvalue weighted by Gasteiger charge is 2.40. The zero-order chi connectivity index (χ0) is 17.3. The van der Waals surface area contributed by atoms with E-state index in [1.54, 1.807) is 20.9 Å². The van der Waals surface area contributed by atoms with Gasteiger partial charge in [0.2, 0.25) is 0 Å². The molecule has 0 aromatic carbocycles. The van der Waals surface area contributed by atoms with Crippen molar-refractivity contribution in [1.29, 1.82) is 0 Å². The second kappa shape index (κ2) is 6.59. The van der Waals surface area contributed by atoms with Crippen molar-refractivity contribution >= 4 is 22.3 Å². The molecule has 0 aromatic heterocycles. The third kappa shape index (κ3) is 4.53. The third-order valence-corrected chi connectivity index (χ3v) is 5.02. The maximum atomic E-state index is 12.4. The van der Waals surface area contributed by atoms with E-state index in [0.717, 1.165) is 4.52 Å². The number of nitrogens with one attached hydrogen (secondary N) is 1. The van der Waals surface area contributed by atoms with Crippen LogP contribution >= 0.6 is 0 Å². The van der Waals surface area contributed by atoms with Crippen molar-refractivity contribution in [2.75, 3.05) is 19.9 Å². The predicted octanol–water partition coefficient (Wildman–Crippen LogP) is -0.600. The van der Waals surface area contributed by atoms with E-state index >= 15 is 0 Å². The van der Waals surface area contributed by atoms with E-state index in [1.165, 1.54) is 18.5 Å². The van der Waals surface area contributed by atoms with E-state index in [0.29, 0.717) is 0 Å². The molecule has 0 spiro atoms. The number of hydrazine groups is 2. The van der Waals surface area contributed by atoms with Crippen LogP contribution in [-0.2, 0) is 29.0 Å². The normalized spacial score (nSPS) is 27.7. The SMILES string of the molecule is COC(=O)C[C@H]1C[C@@H](CS(=O)(=O)N2NN=CN2C)OC(C)(C)O1. The fourth-order valence-corrected chi connectivity index (χ4v) is 3.98. The van der Waals surface area contributed by atoms with E-state index < -0.39 is 34.0 Å². The number of esters is 1. The zero-order valence-electron chi connectivity index (χ0n) is 13.6. The van der Waals surface area contributed by atoms with E-state index in [-0.39, 0.29) is 18.6 Å². The fourth-order valence-electron chi connectivity index (χ4n) is 2.56. The summed E-state index contributed by atoms with van der Waals surface area (Å²) in [5.41, 5.74) is 2.39. The van der Waals surface area contributed by atoms with Gasteiger partial charge in [0, 0.05) is 13.5 Å². The van der Waals surface area contributed by atoms with Gasteiger partial charge in [-0.05, 0) is 18.4 Å². The van der Waals surface area contributed by atoms with Crippen molar-refractivity contribution in [1.82, 2.24) is 15.1 Å². The molecular formula is C12H22N4O6S. The molecule has 0 unspecified atom stereocenters. The van der Waals surface area contributed by atoms with Gasteiger partial charge >= 0.3 is 5.97 Å². The lowest BCUT2D eigenvalue weighted by atomic mass is 10.1. The Balaban J connectivity index is 2.04. The number of rotatable bonds is 5. The van der Waals surface area contributed by atoms with Crippen molar-refractivity contribution in [3.05, 3.63) is 0 Å². The molecule has 0 aliphatic carbocycles. The highest BCUT2D eigenvalue weighted by atomic mass is 32.2. The number of carbonyl (C=O) groups excluding carboxylic acids is 1. The lowest BCUT2D eigenvalue weighted by Gasteiger charge is -2.40. The molecule has 11 heteroatoms. The molecule has 1 N–H and O–H groups in total. The summed E-state index contributed by atoms with van der Waals surface area (Å²) in [6.07, 6.45) is 0.578. The number of hydrazone groups is 1. The summed E-state index contributed by atoms with van der Waals surface area (Å²) >= 11 is 0. The van der Waals surface area contributed by atoms with Crippen LogP contribution < -0.4 is 5.53 Å². The molecule has 0 bridgehead atoms. The van der Waals surface area contributed by atoms with Crippen molar-refractivity contribution in [2.24, 2.45) is 5.10 Å². The number of ether oxygens (including phenoxy) is 3. The van der Waals surface area contributed by atoms with Crippen molar-refractivity contribution in [3.8, 4) is 0 Å². The molecule has 2 aliphatic heterocycles. The van der Waals surface area contributed by atoms with Crippen LogP contribution in [0, 0.1) is 0 Å². The first kappa shape index (κ1) is 17.9. The molecular weight excluding hydrogens is 328 g/mol. The van der Waals surface area contributed by atoms with Gasteiger partial charge in [-0.3, -0.25) is 9.80 Å². The molecule has 2 atom stereocenters. The molecule has 10 nitrogen and oxygen atoms in total. The summed E-state index contributed by atoms with van der Waals surface area (Å²) < 4.78 is 41.8. The summed E-state index contributed by atoms with van der Waals surface area (Å²) in [5, 5.41) is 4.98. The van der Waals surface area contributed by atoms with Crippen molar-refractivity contribution in [3.63, 3.8) is 0 Å². The number of methoxy groups -OCH3 is 1. The number of carbonyl (C=O) groups is 1. The second-order valence-electron chi connectivity index (χ2n) is 5.84. The molecule has 0 saturated carbocycles. The minimum Gasteiger partial charge on any atom is -0.469 e. The van der Waals surface area contributed by atoms with E-state index in [4.69, 9.17) is 9.47 Å².